The van der Waals surface area contributed by atoms with E-state index in [-0.39, 0.29) is 11.5 Å². The molecule has 0 aliphatic carbocycles. The molecule has 0 unspecified atom stereocenters. The van der Waals surface area contributed by atoms with Gasteiger partial charge in [0.2, 0.25) is 0 Å². The van der Waals surface area contributed by atoms with Crippen LogP contribution in [0.2, 0.25) is 0 Å². The minimum atomic E-state index is -0.603. The quantitative estimate of drug-likeness (QED) is 0.579. The van der Waals surface area contributed by atoms with Gasteiger partial charge in [-0.1, -0.05) is 13.8 Å². The van der Waals surface area contributed by atoms with Crippen LogP contribution in [0.4, 0.5) is 0 Å². The van der Waals surface area contributed by atoms with Crippen LogP contribution in [0.1, 0.15) is 52.7 Å². The Morgan fingerprint density at radius 3 is 1.21 bits per heavy atom. The number of ether oxygens (including phenoxy) is 4. The molecule has 2 rings (SSSR count). The molecule has 2 N–H and O–H groups in total. The van der Waals surface area contributed by atoms with E-state index in [9.17, 15) is 10.2 Å². The molecule has 0 heterocycles. The van der Waals surface area contributed by atoms with E-state index in [1.807, 2.05) is 41.5 Å². The first kappa shape index (κ1) is 22.5. The van der Waals surface area contributed by atoms with Crippen molar-refractivity contribution >= 4 is 0 Å². The third-order valence-corrected chi connectivity index (χ3v) is 4.67. The molecule has 0 aliphatic heterocycles. The number of hydrogen-bond acceptors (Lipinski definition) is 6. The van der Waals surface area contributed by atoms with Gasteiger partial charge in [-0.3, -0.25) is 0 Å². The van der Waals surface area contributed by atoms with Crippen LogP contribution in [0.3, 0.4) is 0 Å². The summed E-state index contributed by atoms with van der Waals surface area (Å²) >= 11 is 0. The Balaban J connectivity index is 2.72. The lowest BCUT2D eigenvalue weighted by Gasteiger charge is -2.31. The van der Waals surface area contributed by atoms with Crippen molar-refractivity contribution in [2.24, 2.45) is 0 Å². The lowest BCUT2D eigenvalue weighted by Crippen LogP contribution is -2.22. The van der Waals surface area contributed by atoms with Crippen molar-refractivity contribution in [1.82, 2.24) is 0 Å². The standard InChI is InChI=1S/C23H32O6/c1-7-26-19-13-17(24)21(28-9-3)11-15(19)23(5,6)16-12-22(29-10-4)18(25)14-20(16)27-8-2/h11-14,24-25H,7-10H2,1-6H3. The zero-order chi connectivity index (χ0) is 21.6. The largest absolute Gasteiger partial charge is 0.504 e. The Morgan fingerprint density at radius 2 is 0.897 bits per heavy atom. The fourth-order valence-corrected chi connectivity index (χ4v) is 3.31. The van der Waals surface area contributed by atoms with Crippen molar-refractivity contribution in [2.75, 3.05) is 26.4 Å². The minimum Gasteiger partial charge on any atom is -0.504 e. The van der Waals surface area contributed by atoms with E-state index >= 15 is 0 Å². The van der Waals surface area contributed by atoms with Gasteiger partial charge in [-0.15, -0.1) is 0 Å². The average Bonchev–Trinajstić information content (AvgIpc) is 2.66. The van der Waals surface area contributed by atoms with Crippen LogP contribution in [0.25, 0.3) is 0 Å². The first-order chi connectivity index (χ1) is 13.8. The van der Waals surface area contributed by atoms with Crippen LogP contribution in [0.5, 0.6) is 34.5 Å². The number of benzene rings is 2. The molecule has 0 saturated heterocycles. The van der Waals surface area contributed by atoms with Crippen LogP contribution < -0.4 is 18.9 Å². The van der Waals surface area contributed by atoms with Gasteiger partial charge in [0.15, 0.2) is 23.0 Å². The summed E-state index contributed by atoms with van der Waals surface area (Å²) in [5, 5.41) is 20.6. The smallest absolute Gasteiger partial charge is 0.161 e. The number of aromatic hydroxyl groups is 2. The molecular formula is C23H32O6. The predicted octanol–water partition coefficient (Wildman–Crippen LogP) is 5.02. The second-order valence-electron chi connectivity index (χ2n) is 6.99. The van der Waals surface area contributed by atoms with Gasteiger partial charge in [0.1, 0.15) is 11.5 Å². The number of hydrogen-bond donors (Lipinski definition) is 2. The number of phenolic OH excluding ortho intramolecular Hbond substituents is 2. The van der Waals surface area contributed by atoms with E-state index in [2.05, 4.69) is 0 Å². The topological polar surface area (TPSA) is 77.4 Å². The third-order valence-electron chi connectivity index (χ3n) is 4.67. The van der Waals surface area contributed by atoms with Crippen LogP contribution >= 0.6 is 0 Å². The normalized spacial score (nSPS) is 11.2. The van der Waals surface area contributed by atoms with Crippen molar-refractivity contribution < 1.29 is 29.2 Å². The first-order valence-corrected chi connectivity index (χ1v) is 10.1. The summed E-state index contributed by atoms with van der Waals surface area (Å²) in [4.78, 5) is 0. The lowest BCUT2D eigenvalue weighted by molar-refractivity contribution is 0.300. The Morgan fingerprint density at radius 1 is 0.586 bits per heavy atom. The first-order valence-electron chi connectivity index (χ1n) is 10.1. The van der Waals surface area contributed by atoms with E-state index in [1.165, 1.54) is 0 Å². The molecule has 6 nitrogen and oxygen atoms in total. The minimum absolute atomic E-state index is 0.0283. The highest BCUT2D eigenvalue weighted by molar-refractivity contribution is 5.60. The van der Waals surface area contributed by atoms with E-state index in [0.29, 0.717) is 49.4 Å². The Kier molecular flexibility index (Phi) is 7.48. The van der Waals surface area contributed by atoms with Gasteiger partial charge >= 0.3 is 0 Å². The molecule has 160 valence electrons. The molecule has 0 radical (unpaired) electrons. The molecule has 0 fully saturated rings. The van der Waals surface area contributed by atoms with Gasteiger partial charge in [-0.05, 0) is 39.8 Å². The molecule has 6 heteroatoms. The van der Waals surface area contributed by atoms with E-state index in [1.54, 1.807) is 24.3 Å². The molecule has 0 atom stereocenters. The van der Waals surface area contributed by atoms with Gasteiger partial charge in [0.05, 0.1) is 26.4 Å². The fraction of sp³-hybridized carbons (Fsp3) is 0.478. The monoisotopic (exact) mass is 404 g/mol. The predicted molar refractivity (Wildman–Crippen MR) is 113 cm³/mol. The zero-order valence-corrected chi connectivity index (χ0v) is 18.2. The zero-order valence-electron chi connectivity index (χ0n) is 18.2. The van der Waals surface area contributed by atoms with Crippen LogP contribution in [0.15, 0.2) is 24.3 Å². The molecule has 2 aromatic carbocycles. The molecule has 0 spiro atoms. The highest BCUT2D eigenvalue weighted by Crippen LogP contribution is 2.48. The Bertz CT molecular complexity index is 761. The van der Waals surface area contributed by atoms with E-state index < -0.39 is 5.41 Å². The average molecular weight is 405 g/mol. The maximum Gasteiger partial charge on any atom is 0.161 e. The summed E-state index contributed by atoms with van der Waals surface area (Å²) < 4.78 is 22.8. The summed E-state index contributed by atoms with van der Waals surface area (Å²) in [6.45, 7) is 13.3. The van der Waals surface area contributed by atoms with Crippen molar-refractivity contribution in [3.63, 3.8) is 0 Å². The number of phenols is 2. The summed E-state index contributed by atoms with van der Waals surface area (Å²) in [7, 11) is 0. The molecule has 0 aliphatic rings. The summed E-state index contributed by atoms with van der Waals surface area (Å²) in [6.07, 6.45) is 0. The second-order valence-corrected chi connectivity index (χ2v) is 6.99. The maximum atomic E-state index is 10.3. The van der Waals surface area contributed by atoms with Gasteiger partial charge in [-0.25, -0.2) is 0 Å². The Labute approximate surface area is 173 Å². The molecular weight excluding hydrogens is 372 g/mol. The fourth-order valence-electron chi connectivity index (χ4n) is 3.31. The van der Waals surface area contributed by atoms with Crippen molar-refractivity contribution in [1.29, 1.82) is 0 Å². The molecule has 0 amide bonds. The van der Waals surface area contributed by atoms with E-state index in [0.717, 1.165) is 11.1 Å². The van der Waals surface area contributed by atoms with Crippen molar-refractivity contribution in [3.05, 3.63) is 35.4 Å². The molecule has 2 aromatic rings. The van der Waals surface area contributed by atoms with Gasteiger partial charge in [0.25, 0.3) is 0 Å². The maximum absolute atomic E-state index is 10.3. The van der Waals surface area contributed by atoms with Crippen LogP contribution in [-0.2, 0) is 5.41 Å². The van der Waals surface area contributed by atoms with Crippen LogP contribution in [-0.4, -0.2) is 36.6 Å². The lowest BCUT2D eigenvalue weighted by atomic mass is 9.76. The Hall–Kier alpha value is -2.76. The summed E-state index contributed by atoms with van der Waals surface area (Å²) in [6, 6.07) is 6.76. The highest BCUT2D eigenvalue weighted by Gasteiger charge is 2.33. The molecule has 0 saturated carbocycles. The second kappa shape index (κ2) is 9.63. The van der Waals surface area contributed by atoms with Crippen molar-refractivity contribution in [3.8, 4) is 34.5 Å². The molecule has 0 aromatic heterocycles. The number of rotatable bonds is 10. The van der Waals surface area contributed by atoms with E-state index in [4.69, 9.17) is 18.9 Å². The SMILES string of the molecule is CCOc1cc(C(C)(C)c2cc(OCC)c(O)cc2OCC)c(OCC)cc1O. The van der Waals surface area contributed by atoms with Gasteiger partial charge < -0.3 is 29.2 Å². The molecule has 0 bridgehead atoms. The molecule has 29 heavy (non-hydrogen) atoms. The third kappa shape index (κ3) is 4.81. The van der Waals surface area contributed by atoms with Gasteiger partial charge in [0, 0.05) is 28.7 Å². The summed E-state index contributed by atoms with van der Waals surface area (Å²) in [5.41, 5.74) is 1.05. The van der Waals surface area contributed by atoms with Crippen molar-refractivity contribution in [2.45, 2.75) is 47.0 Å². The van der Waals surface area contributed by atoms with Gasteiger partial charge in [-0.2, -0.15) is 0 Å². The van der Waals surface area contributed by atoms with Crippen LogP contribution in [0, 0.1) is 0 Å². The highest BCUT2D eigenvalue weighted by atomic mass is 16.5. The summed E-state index contributed by atoms with van der Waals surface area (Å²) in [5.74, 6) is 1.96.